The van der Waals surface area contributed by atoms with E-state index in [2.05, 4.69) is 16.0 Å². The van der Waals surface area contributed by atoms with Crippen molar-refractivity contribution in [1.29, 1.82) is 0 Å². The van der Waals surface area contributed by atoms with Gasteiger partial charge in [-0.15, -0.1) is 0 Å². The molecule has 0 unspecified atom stereocenters. The zero-order valence-electron chi connectivity index (χ0n) is 8.65. The highest BCUT2D eigenvalue weighted by molar-refractivity contribution is 5.95. The Morgan fingerprint density at radius 1 is 1.33 bits per heavy atom. The molecule has 0 aromatic carbocycles. The quantitative estimate of drug-likeness (QED) is 0.558. The Bertz CT molecular complexity index is 370. The smallest absolute Gasteiger partial charge is 0.186 e. The first-order valence-electron chi connectivity index (χ1n) is 5.33. The monoisotopic (exact) mass is 202 g/mol. The van der Waals surface area contributed by atoms with Crippen molar-refractivity contribution in [3.8, 4) is 0 Å². The van der Waals surface area contributed by atoms with E-state index in [0.29, 0.717) is 12.1 Å². The number of carbonyl (C=O) groups excluding carboxylic acids is 1. The van der Waals surface area contributed by atoms with E-state index in [1.54, 1.807) is 12.4 Å². The number of aromatic nitrogens is 2. The van der Waals surface area contributed by atoms with Gasteiger partial charge in [0, 0.05) is 18.8 Å². The van der Waals surface area contributed by atoms with Crippen molar-refractivity contribution in [3.05, 3.63) is 35.9 Å². The van der Waals surface area contributed by atoms with Crippen LogP contribution in [0.25, 0.3) is 0 Å². The lowest BCUT2D eigenvalue weighted by molar-refractivity contribution is 0.0986. The lowest BCUT2D eigenvalue weighted by atomic mass is 9.95. The summed E-state index contributed by atoms with van der Waals surface area (Å²) in [7, 11) is 0. The Morgan fingerprint density at radius 3 is 2.93 bits per heavy atom. The zero-order valence-corrected chi connectivity index (χ0v) is 8.65. The van der Waals surface area contributed by atoms with Crippen LogP contribution in [0.1, 0.15) is 42.6 Å². The fraction of sp³-hybridized carbons (Fsp3) is 0.417. The van der Waals surface area contributed by atoms with Gasteiger partial charge >= 0.3 is 0 Å². The van der Waals surface area contributed by atoms with Crippen LogP contribution in [0, 0.1) is 0 Å². The second-order valence-electron chi connectivity index (χ2n) is 3.80. The van der Waals surface area contributed by atoms with Crippen LogP contribution in [0.15, 0.2) is 30.2 Å². The molecule has 2 rings (SSSR count). The number of allylic oxidation sites excluding steroid dienone is 2. The third-order valence-corrected chi connectivity index (χ3v) is 2.62. The van der Waals surface area contributed by atoms with E-state index in [0.717, 1.165) is 12.8 Å². The maximum absolute atomic E-state index is 11.8. The number of hydrogen-bond donors (Lipinski definition) is 0. The van der Waals surface area contributed by atoms with Gasteiger partial charge in [0.1, 0.15) is 5.69 Å². The third kappa shape index (κ3) is 2.72. The average molecular weight is 202 g/mol. The van der Waals surface area contributed by atoms with Crippen molar-refractivity contribution in [2.45, 2.75) is 32.1 Å². The molecule has 1 aromatic heterocycles. The molecule has 0 saturated carbocycles. The Kier molecular flexibility index (Phi) is 3.22. The van der Waals surface area contributed by atoms with Crippen molar-refractivity contribution in [2.24, 2.45) is 0 Å². The Labute approximate surface area is 89.3 Å². The van der Waals surface area contributed by atoms with Crippen LogP contribution in [0.3, 0.4) is 0 Å². The SMILES string of the molecule is O=C(CC1=CCCCC1)c1cnccn1. The minimum absolute atomic E-state index is 0.0799. The zero-order chi connectivity index (χ0) is 10.5. The second kappa shape index (κ2) is 4.82. The van der Waals surface area contributed by atoms with Gasteiger partial charge in [-0.05, 0) is 25.7 Å². The summed E-state index contributed by atoms with van der Waals surface area (Å²) in [5.41, 5.74) is 1.74. The molecule has 0 bridgehead atoms. The van der Waals surface area contributed by atoms with Crippen LogP contribution in [0.4, 0.5) is 0 Å². The van der Waals surface area contributed by atoms with E-state index in [4.69, 9.17) is 0 Å². The summed E-state index contributed by atoms with van der Waals surface area (Å²) in [6.07, 6.45) is 12.0. The highest BCUT2D eigenvalue weighted by Gasteiger charge is 2.11. The minimum Gasteiger partial charge on any atom is -0.292 e. The van der Waals surface area contributed by atoms with E-state index in [-0.39, 0.29) is 5.78 Å². The fourth-order valence-corrected chi connectivity index (χ4v) is 1.81. The summed E-state index contributed by atoms with van der Waals surface area (Å²) in [6, 6.07) is 0. The molecule has 0 saturated heterocycles. The Morgan fingerprint density at radius 2 is 2.27 bits per heavy atom. The van der Waals surface area contributed by atoms with Crippen molar-refractivity contribution in [3.63, 3.8) is 0 Å². The summed E-state index contributed by atoms with van der Waals surface area (Å²) in [4.78, 5) is 19.7. The highest BCUT2D eigenvalue weighted by atomic mass is 16.1. The van der Waals surface area contributed by atoms with Crippen LogP contribution in [-0.2, 0) is 0 Å². The molecule has 0 atom stereocenters. The van der Waals surface area contributed by atoms with Crippen molar-refractivity contribution in [2.75, 3.05) is 0 Å². The predicted octanol–water partition coefficient (Wildman–Crippen LogP) is 2.55. The van der Waals surface area contributed by atoms with Crippen molar-refractivity contribution in [1.82, 2.24) is 9.97 Å². The molecule has 3 nitrogen and oxygen atoms in total. The van der Waals surface area contributed by atoms with Gasteiger partial charge < -0.3 is 0 Å². The third-order valence-electron chi connectivity index (χ3n) is 2.62. The largest absolute Gasteiger partial charge is 0.292 e. The molecule has 15 heavy (non-hydrogen) atoms. The first-order chi connectivity index (χ1) is 7.36. The van der Waals surface area contributed by atoms with Crippen LogP contribution >= 0.6 is 0 Å². The first-order valence-corrected chi connectivity index (χ1v) is 5.33. The minimum atomic E-state index is 0.0799. The molecule has 0 fully saturated rings. The van der Waals surface area contributed by atoms with Crippen LogP contribution in [-0.4, -0.2) is 15.8 Å². The fourth-order valence-electron chi connectivity index (χ4n) is 1.81. The molecular weight excluding hydrogens is 188 g/mol. The predicted molar refractivity (Wildman–Crippen MR) is 57.5 cm³/mol. The standard InChI is InChI=1S/C12H14N2O/c15-12(11-9-13-6-7-14-11)8-10-4-2-1-3-5-10/h4,6-7,9H,1-3,5,8H2. The summed E-state index contributed by atoms with van der Waals surface area (Å²) in [5, 5.41) is 0. The summed E-state index contributed by atoms with van der Waals surface area (Å²) >= 11 is 0. The van der Waals surface area contributed by atoms with Gasteiger partial charge in [0.05, 0.1) is 6.20 Å². The van der Waals surface area contributed by atoms with E-state index >= 15 is 0 Å². The maximum atomic E-state index is 11.8. The molecule has 1 aromatic rings. The number of nitrogens with zero attached hydrogens (tertiary/aromatic N) is 2. The normalized spacial score (nSPS) is 15.9. The summed E-state index contributed by atoms with van der Waals surface area (Å²) in [5.74, 6) is 0.0799. The van der Waals surface area contributed by atoms with Gasteiger partial charge in [0.25, 0.3) is 0 Å². The number of rotatable bonds is 3. The molecule has 0 radical (unpaired) electrons. The van der Waals surface area contributed by atoms with E-state index in [1.807, 2.05) is 0 Å². The number of ketones is 1. The van der Waals surface area contributed by atoms with Gasteiger partial charge in [-0.3, -0.25) is 9.78 Å². The molecule has 0 amide bonds. The molecule has 1 aliphatic carbocycles. The molecular formula is C12H14N2O. The lowest BCUT2D eigenvalue weighted by Crippen LogP contribution is -2.05. The molecule has 1 heterocycles. The van der Waals surface area contributed by atoms with E-state index in [1.165, 1.54) is 24.6 Å². The summed E-state index contributed by atoms with van der Waals surface area (Å²) in [6.45, 7) is 0. The molecule has 1 aliphatic rings. The Balaban J connectivity index is 2.01. The first kappa shape index (κ1) is 10.0. The molecule has 78 valence electrons. The van der Waals surface area contributed by atoms with Gasteiger partial charge in [-0.1, -0.05) is 11.6 Å². The topological polar surface area (TPSA) is 42.9 Å². The number of Topliss-reactive ketones (excluding diaryl/α,β-unsaturated/α-hetero) is 1. The Hall–Kier alpha value is -1.51. The second-order valence-corrected chi connectivity index (χ2v) is 3.80. The average Bonchev–Trinajstić information content (AvgIpc) is 2.31. The molecule has 3 heteroatoms. The van der Waals surface area contributed by atoms with Gasteiger partial charge in [0.2, 0.25) is 0 Å². The molecule has 0 spiro atoms. The van der Waals surface area contributed by atoms with Crippen LogP contribution in [0.5, 0.6) is 0 Å². The van der Waals surface area contributed by atoms with Crippen molar-refractivity contribution < 1.29 is 4.79 Å². The summed E-state index contributed by atoms with van der Waals surface area (Å²) < 4.78 is 0. The number of hydrogen-bond acceptors (Lipinski definition) is 3. The van der Waals surface area contributed by atoms with E-state index < -0.39 is 0 Å². The van der Waals surface area contributed by atoms with Crippen LogP contribution in [0.2, 0.25) is 0 Å². The van der Waals surface area contributed by atoms with Crippen LogP contribution < -0.4 is 0 Å². The van der Waals surface area contributed by atoms with Gasteiger partial charge in [0.15, 0.2) is 5.78 Å². The van der Waals surface area contributed by atoms with E-state index in [9.17, 15) is 4.79 Å². The molecule has 0 N–H and O–H groups in total. The van der Waals surface area contributed by atoms with Gasteiger partial charge in [-0.25, -0.2) is 4.98 Å². The lowest BCUT2D eigenvalue weighted by Gasteiger charge is -2.11. The number of carbonyl (C=O) groups is 1. The molecule has 0 aliphatic heterocycles. The highest BCUT2D eigenvalue weighted by Crippen LogP contribution is 2.21. The van der Waals surface area contributed by atoms with Gasteiger partial charge in [-0.2, -0.15) is 0 Å². The van der Waals surface area contributed by atoms with Crippen molar-refractivity contribution >= 4 is 5.78 Å². The maximum Gasteiger partial charge on any atom is 0.186 e.